The van der Waals surface area contributed by atoms with E-state index in [-0.39, 0.29) is 24.2 Å². The highest BCUT2D eigenvalue weighted by Crippen LogP contribution is 2.35. The van der Waals surface area contributed by atoms with Crippen LogP contribution in [0.15, 0.2) is 58.1 Å². The lowest BCUT2D eigenvalue weighted by atomic mass is 10.1. The van der Waals surface area contributed by atoms with Crippen LogP contribution in [0.5, 0.6) is 0 Å². The van der Waals surface area contributed by atoms with Crippen LogP contribution in [-0.4, -0.2) is 32.1 Å². The molecule has 164 valence electrons. The van der Waals surface area contributed by atoms with E-state index in [0.29, 0.717) is 21.4 Å². The number of aryl methyl sites for hydroxylation is 1. The Kier molecular flexibility index (Phi) is 6.48. The third kappa shape index (κ3) is 4.63. The summed E-state index contributed by atoms with van der Waals surface area (Å²) >= 11 is 7.32. The molecule has 1 amide bonds. The summed E-state index contributed by atoms with van der Waals surface area (Å²) in [6.07, 6.45) is 2.75. The standard InChI is InChI=1S/C22H21ClN6O2S/c1-3-13-5-4-6-16(11-13)25-17(30)12-29-19(24)18(22(27-29)32-2)21-26-20(28-31-21)14-7-9-15(23)10-8-14/h4-11H,3,12,24H2,1-2H3,(H,25,30). The van der Waals surface area contributed by atoms with E-state index in [2.05, 4.69) is 27.5 Å². The second kappa shape index (κ2) is 9.46. The van der Waals surface area contributed by atoms with Crippen LogP contribution in [-0.2, 0) is 17.8 Å². The maximum atomic E-state index is 12.6. The Morgan fingerprint density at radius 1 is 1.25 bits per heavy atom. The second-order valence-corrected chi connectivity index (χ2v) is 8.19. The smallest absolute Gasteiger partial charge is 0.264 e. The van der Waals surface area contributed by atoms with Crippen molar-refractivity contribution in [1.29, 1.82) is 0 Å². The normalized spacial score (nSPS) is 11.0. The topological polar surface area (TPSA) is 112 Å². The molecule has 0 spiro atoms. The molecule has 2 heterocycles. The highest BCUT2D eigenvalue weighted by molar-refractivity contribution is 7.98. The summed E-state index contributed by atoms with van der Waals surface area (Å²) < 4.78 is 6.89. The van der Waals surface area contributed by atoms with E-state index in [0.717, 1.165) is 23.2 Å². The summed E-state index contributed by atoms with van der Waals surface area (Å²) in [5, 5.41) is 12.6. The van der Waals surface area contributed by atoms with Crippen molar-refractivity contribution >= 4 is 40.8 Å². The Balaban J connectivity index is 1.57. The Bertz CT molecular complexity index is 1250. The molecular weight excluding hydrogens is 448 g/mol. The maximum Gasteiger partial charge on any atom is 0.264 e. The lowest BCUT2D eigenvalue weighted by Gasteiger charge is -2.08. The van der Waals surface area contributed by atoms with Gasteiger partial charge >= 0.3 is 0 Å². The van der Waals surface area contributed by atoms with Crippen LogP contribution in [0.3, 0.4) is 0 Å². The van der Waals surface area contributed by atoms with E-state index < -0.39 is 0 Å². The molecular formula is C22H21ClN6O2S. The number of hydrogen-bond donors (Lipinski definition) is 2. The van der Waals surface area contributed by atoms with Crippen LogP contribution in [0.4, 0.5) is 11.5 Å². The lowest BCUT2D eigenvalue weighted by molar-refractivity contribution is -0.116. The van der Waals surface area contributed by atoms with Crippen molar-refractivity contribution in [3.63, 3.8) is 0 Å². The number of carbonyl (C=O) groups excluding carboxylic acids is 1. The van der Waals surface area contributed by atoms with Crippen molar-refractivity contribution in [2.75, 3.05) is 17.3 Å². The third-order valence-corrected chi connectivity index (χ3v) is 5.73. The van der Waals surface area contributed by atoms with Crippen LogP contribution >= 0.6 is 23.4 Å². The van der Waals surface area contributed by atoms with Crippen LogP contribution in [0.2, 0.25) is 5.02 Å². The van der Waals surface area contributed by atoms with Crippen molar-refractivity contribution in [2.24, 2.45) is 0 Å². The third-order valence-electron chi connectivity index (χ3n) is 4.81. The van der Waals surface area contributed by atoms with Gasteiger partial charge in [0.2, 0.25) is 11.7 Å². The number of aromatic nitrogens is 4. The molecule has 2 aromatic heterocycles. The molecule has 3 N–H and O–H groups in total. The molecule has 10 heteroatoms. The van der Waals surface area contributed by atoms with Gasteiger partial charge in [-0.15, -0.1) is 11.8 Å². The van der Waals surface area contributed by atoms with Crippen LogP contribution in [0, 0.1) is 0 Å². The Morgan fingerprint density at radius 3 is 2.75 bits per heavy atom. The Hall–Kier alpha value is -3.30. The largest absolute Gasteiger partial charge is 0.383 e. The molecule has 0 aliphatic heterocycles. The van der Waals surface area contributed by atoms with E-state index in [1.807, 2.05) is 30.5 Å². The Morgan fingerprint density at radius 2 is 2.03 bits per heavy atom. The quantitative estimate of drug-likeness (QED) is 0.376. The van der Waals surface area contributed by atoms with Crippen molar-refractivity contribution in [3.05, 3.63) is 59.1 Å². The molecule has 0 saturated carbocycles. The SMILES string of the molecule is CCc1cccc(NC(=O)Cn2nc(SC)c(-c3nc(-c4ccc(Cl)cc4)no3)c2N)c1. The van der Waals surface area contributed by atoms with Crippen LogP contribution in [0.1, 0.15) is 12.5 Å². The predicted octanol–water partition coefficient (Wildman–Crippen LogP) is 4.76. The lowest BCUT2D eigenvalue weighted by Crippen LogP contribution is -2.20. The number of benzene rings is 2. The first-order valence-electron chi connectivity index (χ1n) is 9.87. The molecule has 0 atom stereocenters. The van der Waals surface area contributed by atoms with Gasteiger partial charge in [0.25, 0.3) is 5.89 Å². The molecule has 0 fully saturated rings. The van der Waals surface area contributed by atoms with Gasteiger partial charge in [-0.3, -0.25) is 4.79 Å². The molecule has 32 heavy (non-hydrogen) atoms. The zero-order valence-corrected chi connectivity index (χ0v) is 19.1. The summed E-state index contributed by atoms with van der Waals surface area (Å²) in [5.41, 5.74) is 9.46. The van der Waals surface area contributed by atoms with Gasteiger partial charge in [0, 0.05) is 16.3 Å². The van der Waals surface area contributed by atoms with Gasteiger partial charge in [-0.05, 0) is 54.6 Å². The van der Waals surface area contributed by atoms with Gasteiger partial charge in [0.15, 0.2) is 0 Å². The molecule has 4 rings (SSSR count). The summed E-state index contributed by atoms with van der Waals surface area (Å²) in [7, 11) is 0. The molecule has 2 aromatic carbocycles. The van der Waals surface area contributed by atoms with Gasteiger partial charge in [-0.25, -0.2) is 4.68 Å². The fourth-order valence-corrected chi connectivity index (χ4v) is 3.87. The van der Waals surface area contributed by atoms with Crippen LogP contribution in [0.25, 0.3) is 22.8 Å². The van der Waals surface area contributed by atoms with Gasteiger partial charge in [0.1, 0.15) is 23.0 Å². The van der Waals surface area contributed by atoms with Crippen molar-refractivity contribution < 1.29 is 9.32 Å². The van der Waals surface area contributed by atoms with Crippen molar-refractivity contribution in [3.8, 4) is 22.8 Å². The number of nitrogen functional groups attached to an aromatic ring is 1. The number of anilines is 2. The molecule has 0 unspecified atom stereocenters. The first kappa shape index (κ1) is 21.9. The van der Waals surface area contributed by atoms with E-state index in [1.165, 1.54) is 16.4 Å². The summed E-state index contributed by atoms with van der Waals surface area (Å²) in [4.78, 5) is 17.1. The van der Waals surface area contributed by atoms with Gasteiger partial charge in [-0.2, -0.15) is 10.1 Å². The summed E-state index contributed by atoms with van der Waals surface area (Å²) in [6.45, 7) is 2.01. The molecule has 0 aliphatic rings. The van der Waals surface area contributed by atoms with E-state index >= 15 is 0 Å². The van der Waals surface area contributed by atoms with E-state index in [9.17, 15) is 4.79 Å². The summed E-state index contributed by atoms with van der Waals surface area (Å²) in [6, 6.07) is 14.8. The number of carbonyl (C=O) groups is 1. The summed E-state index contributed by atoms with van der Waals surface area (Å²) in [5.74, 6) is 0.681. The number of halogens is 1. The highest BCUT2D eigenvalue weighted by atomic mass is 35.5. The van der Waals surface area contributed by atoms with E-state index in [1.54, 1.807) is 24.3 Å². The highest BCUT2D eigenvalue weighted by Gasteiger charge is 2.23. The van der Waals surface area contributed by atoms with Crippen molar-refractivity contribution in [1.82, 2.24) is 19.9 Å². The molecule has 0 aliphatic carbocycles. The zero-order valence-electron chi connectivity index (χ0n) is 17.5. The number of nitrogens with one attached hydrogen (secondary N) is 1. The monoisotopic (exact) mass is 468 g/mol. The second-order valence-electron chi connectivity index (χ2n) is 6.96. The minimum absolute atomic E-state index is 0.0477. The van der Waals surface area contributed by atoms with Crippen molar-refractivity contribution in [2.45, 2.75) is 24.9 Å². The minimum Gasteiger partial charge on any atom is -0.383 e. The molecule has 0 radical (unpaired) electrons. The molecule has 4 aromatic rings. The number of nitrogens with two attached hydrogens (primary N) is 1. The van der Waals surface area contributed by atoms with E-state index in [4.69, 9.17) is 21.9 Å². The number of thioether (sulfide) groups is 1. The first-order valence-corrected chi connectivity index (χ1v) is 11.5. The minimum atomic E-state index is -0.237. The van der Waals surface area contributed by atoms with Gasteiger partial charge < -0.3 is 15.6 Å². The zero-order chi connectivity index (χ0) is 22.7. The number of amides is 1. The van der Waals surface area contributed by atoms with Gasteiger partial charge in [-0.1, -0.05) is 35.8 Å². The molecule has 0 bridgehead atoms. The average Bonchev–Trinajstić information content (AvgIpc) is 3.39. The molecule has 8 nitrogen and oxygen atoms in total. The first-order chi connectivity index (χ1) is 15.5. The fourth-order valence-electron chi connectivity index (χ4n) is 3.16. The van der Waals surface area contributed by atoms with Crippen LogP contribution < -0.4 is 11.1 Å². The van der Waals surface area contributed by atoms with Gasteiger partial charge in [0.05, 0.1) is 0 Å². The average molecular weight is 469 g/mol. The number of hydrogen-bond acceptors (Lipinski definition) is 7. The predicted molar refractivity (Wildman–Crippen MR) is 127 cm³/mol. The number of rotatable bonds is 7. The molecule has 0 saturated heterocycles. The Labute approximate surface area is 194 Å². The maximum absolute atomic E-state index is 12.6. The fraction of sp³-hybridized carbons (Fsp3) is 0.182. The number of nitrogens with zero attached hydrogens (tertiary/aromatic N) is 4.